The monoisotopic (exact) mass is 1210 g/mol. The van der Waals surface area contributed by atoms with Crippen molar-refractivity contribution >= 4 is 151 Å². The highest BCUT2D eigenvalue weighted by atomic mass is 32.3. The Morgan fingerprint density at radius 2 is 1.53 bits per heavy atom. The van der Waals surface area contributed by atoms with Crippen LogP contribution < -0.4 is 25.2 Å². The van der Waals surface area contributed by atoms with E-state index in [2.05, 4.69) is 30.4 Å². The number of anilines is 2. The number of primary sulfonamides is 1. The highest BCUT2D eigenvalue weighted by molar-refractivity contribution is 8.04. The second-order valence-electron chi connectivity index (χ2n) is 16.9. The van der Waals surface area contributed by atoms with E-state index in [1.54, 1.807) is 35.3 Å². The Labute approximate surface area is 452 Å². The van der Waals surface area contributed by atoms with Crippen LogP contribution in [0.5, 0.6) is 0 Å². The number of carbonyl (C=O) groups excluding carboxylic acids is 2. The second kappa shape index (κ2) is 22.3. The highest BCUT2D eigenvalue weighted by Gasteiger charge is 2.31. The summed E-state index contributed by atoms with van der Waals surface area (Å²) in [6.45, 7) is 2.36. The summed E-state index contributed by atoms with van der Waals surface area (Å²) in [5.74, 6) is -1.88. The van der Waals surface area contributed by atoms with Crippen LogP contribution in [-0.4, -0.2) is 106 Å². The molecule has 0 aliphatic carbocycles. The van der Waals surface area contributed by atoms with Crippen LogP contribution in [0.1, 0.15) is 53.7 Å². The molecule has 0 saturated heterocycles. The van der Waals surface area contributed by atoms with E-state index in [1.807, 2.05) is 19.1 Å². The van der Waals surface area contributed by atoms with E-state index in [9.17, 15) is 69.9 Å². The van der Waals surface area contributed by atoms with Gasteiger partial charge in [0.25, 0.3) is 61.4 Å². The first kappa shape index (κ1) is 57.0. The van der Waals surface area contributed by atoms with Crippen LogP contribution in [0.2, 0.25) is 0 Å². The predicted octanol–water partition coefficient (Wildman–Crippen LogP) is 5.52. The number of nitrogens with zero attached hydrogens (tertiary/aromatic N) is 5. The fraction of sp³-hybridized carbons (Fsp3) is 0.200. The number of aromatic nitrogens is 4. The number of unbranched alkanes of at least 4 members (excludes halogenated alkanes) is 1. The van der Waals surface area contributed by atoms with Gasteiger partial charge in [-0.2, -0.15) is 38.2 Å². The third kappa shape index (κ3) is 13.4. The first-order valence-corrected chi connectivity index (χ1v) is 32.4. The Hall–Kier alpha value is -6.14. The number of rotatable bonds is 20. The number of allylic oxidation sites excluding steroid dienone is 4. The lowest BCUT2D eigenvalue weighted by atomic mass is 10.1. The standard InChI is InChI=1S/C45H42N8O16S8/c1-2-3-19-52-35-13-7-26-5-10-29(75(61,62)63)22-32(26)41(35)70-39(52)15-8-27(34-12-6-28(25-48-34)43(55)47-18-17-38(54)49-44-50-51-45(72-44)74(46,59)60)9-16-40-53(20-4-21-73(56,57)58)36-14-11-31-33(42(36)71-40)23-30(76(64,65)66)24-37(31)77(67,68)69/h5-16,22-25H,2-4,17-21H2,1H3,(H7-,46,47,49,50,54,55,56,57,58,59,60,61,62,63,64,65,66,67,68,69)/p+1. The molecular formula is C45H43N8O16S8+. The number of fused-ring (bicyclic) bond motifs is 6. The maximum atomic E-state index is 13.3. The van der Waals surface area contributed by atoms with E-state index >= 15 is 0 Å². The van der Waals surface area contributed by atoms with Crippen molar-refractivity contribution in [2.24, 2.45) is 5.14 Å². The fourth-order valence-electron chi connectivity index (χ4n) is 7.94. The summed E-state index contributed by atoms with van der Waals surface area (Å²) in [7, 11) is -23.2. The molecule has 406 valence electrons. The normalized spacial score (nSPS) is 14.3. The molecule has 0 fully saturated rings. The number of hydrogen-bond acceptors (Lipinski definition) is 19. The van der Waals surface area contributed by atoms with Crippen molar-refractivity contribution in [1.82, 2.24) is 20.5 Å². The van der Waals surface area contributed by atoms with Gasteiger partial charge in [-0.3, -0.25) is 32.8 Å². The van der Waals surface area contributed by atoms with Gasteiger partial charge in [0.05, 0.1) is 37.5 Å². The highest BCUT2D eigenvalue weighted by Crippen LogP contribution is 2.51. The van der Waals surface area contributed by atoms with Gasteiger partial charge >= 0.3 is 0 Å². The number of aryl methyl sites for hydroxylation is 1. The lowest BCUT2D eigenvalue weighted by Gasteiger charge is -2.20. The zero-order chi connectivity index (χ0) is 55.8. The zero-order valence-electron chi connectivity index (χ0n) is 39.7. The van der Waals surface area contributed by atoms with Crippen molar-refractivity contribution in [1.29, 1.82) is 0 Å². The van der Waals surface area contributed by atoms with Crippen LogP contribution in [0.25, 0.3) is 43.4 Å². The maximum absolute atomic E-state index is 13.3. The van der Waals surface area contributed by atoms with Gasteiger partial charge in [-0.15, -0.1) is 10.2 Å². The first-order valence-electron chi connectivity index (χ1n) is 22.4. The minimum atomic E-state index is -5.07. The summed E-state index contributed by atoms with van der Waals surface area (Å²) in [5, 5.41) is 19.2. The molecule has 24 nitrogen and oxygen atoms in total. The van der Waals surface area contributed by atoms with Crippen LogP contribution in [0, 0.1) is 0 Å². The molecule has 0 radical (unpaired) electrons. The van der Waals surface area contributed by atoms with Crippen molar-refractivity contribution < 1.29 is 74.5 Å². The fourth-order valence-corrected chi connectivity index (χ4v) is 14.1. The predicted molar refractivity (Wildman–Crippen MR) is 288 cm³/mol. The molecule has 1 aliphatic heterocycles. The third-order valence-electron chi connectivity index (χ3n) is 11.5. The summed E-state index contributed by atoms with van der Waals surface area (Å²) < 4.78 is 163. The van der Waals surface area contributed by atoms with Gasteiger partial charge in [0, 0.05) is 70.9 Å². The second-order valence-corrected chi connectivity index (χ2v) is 27.4. The van der Waals surface area contributed by atoms with Gasteiger partial charge in [-0.05, 0) is 72.5 Å². The van der Waals surface area contributed by atoms with Crippen molar-refractivity contribution in [3.05, 3.63) is 112 Å². The first-order chi connectivity index (χ1) is 36.1. The molecule has 0 spiro atoms. The SMILES string of the molecule is CCCC[n+]1c(/C=C/C(=C/C=C2\Sc3c(ccc4c(S(=O)(=O)O)cc(S(=O)(=O)O)cc34)N2CCCS(=O)(=O)O)c2ccc(C(=O)NCCC(=O)Nc3nnc(S(N)(=O)=O)s3)cn2)sc2c3cc(S(=O)(=O)O)ccc3ccc21. The number of benzene rings is 4. The molecule has 0 saturated carbocycles. The number of thiazole rings is 1. The molecule has 4 heterocycles. The lowest BCUT2D eigenvalue weighted by Crippen LogP contribution is -2.34. The smallest absolute Gasteiger partial charge is 0.295 e. The Kier molecular flexibility index (Phi) is 16.5. The van der Waals surface area contributed by atoms with E-state index in [-0.39, 0.29) is 57.2 Å². The lowest BCUT2D eigenvalue weighted by molar-refractivity contribution is -0.669. The van der Waals surface area contributed by atoms with E-state index in [1.165, 1.54) is 53.9 Å². The van der Waals surface area contributed by atoms with Crippen LogP contribution in [0.3, 0.4) is 0 Å². The van der Waals surface area contributed by atoms with E-state index < -0.39 is 82.2 Å². The van der Waals surface area contributed by atoms with Crippen molar-refractivity contribution in [3.63, 3.8) is 0 Å². The van der Waals surface area contributed by atoms with E-state index in [0.29, 0.717) is 56.3 Å². The molecule has 7 aromatic rings. The summed E-state index contributed by atoms with van der Waals surface area (Å²) >= 11 is 2.91. The average molecular weight is 1210 g/mol. The number of carbonyl (C=O) groups is 2. The van der Waals surface area contributed by atoms with Crippen LogP contribution >= 0.6 is 34.4 Å². The minimum Gasteiger partial charge on any atom is -0.351 e. The number of hydrogen-bond donors (Lipinski definition) is 7. The van der Waals surface area contributed by atoms with Gasteiger partial charge in [-0.1, -0.05) is 66.0 Å². The Morgan fingerprint density at radius 3 is 2.18 bits per heavy atom. The molecule has 0 bridgehead atoms. The molecule has 0 unspecified atom stereocenters. The average Bonchev–Trinajstić information content (AvgIpc) is 4.13. The van der Waals surface area contributed by atoms with Gasteiger partial charge in [0.15, 0.2) is 6.54 Å². The largest absolute Gasteiger partial charge is 0.351 e. The molecule has 77 heavy (non-hydrogen) atoms. The number of nitrogens with two attached hydrogens (primary N) is 1. The Balaban J connectivity index is 1.20. The molecule has 0 atom stereocenters. The zero-order valence-corrected chi connectivity index (χ0v) is 46.2. The summed E-state index contributed by atoms with van der Waals surface area (Å²) in [6.07, 6.45) is 9.27. The molecule has 2 amide bonds. The van der Waals surface area contributed by atoms with Crippen molar-refractivity contribution in [2.75, 3.05) is 29.1 Å². The van der Waals surface area contributed by atoms with Crippen molar-refractivity contribution in [3.8, 4) is 0 Å². The van der Waals surface area contributed by atoms with Gasteiger partial charge < -0.3 is 15.5 Å². The van der Waals surface area contributed by atoms with Gasteiger partial charge in [0.2, 0.25) is 20.9 Å². The Morgan fingerprint density at radius 1 is 0.805 bits per heavy atom. The maximum Gasteiger partial charge on any atom is 0.295 e. The number of pyridine rings is 1. The summed E-state index contributed by atoms with van der Waals surface area (Å²) in [5.41, 5.74) is 1.91. The summed E-state index contributed by atoms with van der Waals surface area (Å²) in [4.78, 5) is 30.4. The van der Waals surface area contributed by atoms with E-state index in [0.717, 1.165) is 46.3 Å². The Bertz CT molecular complexity index is 4240. The third-order valence-corrected chi connectivity index (χ3v) is 19.4. The van der Waals surface area contributed by atoms with Crippen LogP contribution in [-0.2, 0) is 61.8 Å². The van der Waals surface area contributed by atoms with Crippen LogP contribution in [0.15, 0.2) is 120 Å². The van der Waals surface area contributed by atoms with Crippen LogP contribution in [0.4, 0.5) is 10.8 Å². The molecule has 8 N–H and O–H groups in total. The number of thioether (sulfide) groups is 1. The molecule has 32 heteroatoms. The minimum absolute atomic E-state index is 0.00753. The van der Waals surface area contributed by atoms with Crippen molar-refractivity contribution in [2.45, 2.75) is 63.1 Å². The van der Waals surface area contributed by atoms with E-state index in [4.69, 9.17) is 5.14 Å². The topological polar surface area (TPSA) is 382 Å². The molecule has 4 aromatic carbocycles. The molecule has 3 aromatic heterocycles. The number of amides is 2. The number of nitrogens with one attached hydrogen (secondary N) is 2. The number of sulfonamides is 1. The molecule has 8 rings (SSSR count). The quantitative estimate of drug-likeness (QED) is 0.0214. The van der Waals surface area contributed by atoms with Gasteiger partial charge in [-0.25, -0.2) is 13.6 Å². The van der Waals surface area contributed by atoms with Gasteiger partial charge in [0.1, 0.15) is 9.60 Å². The summed E-state index contributed by atoms with van der Waals surface area (Å²) in [6, 6.07) is 15.5. The molecular weight excluding hydrogens is 1170 g/mol. The molecule has 1 aliphatic rings.